The van der Waals surface area contributed by atoms with Crippen molar-refractivity contribution in [3.63, 3.8) is 0 Å². The van der Waals surface area contributed by atoms with Crippen molar-refractivity contribution in [1.29, 1.82) is 0 Å². The number of hydrogen-bond acceptors (Lipinski definition) is 3. The van der Waals surface area contributed by atoms with Gasteiger partial charge in [0.05, 0.1) is 11.5 Å². The first kappa shape index (κ1) is 15.0. The summed E-state index contributed by atoms with van der Waals surface area (Å²) in [6, 6.07) is 0.391. The second-order valence-electron chi connectivity index (χ2n) is 5.47. The van der Waals surface area contributed by atoms with Crippen molar-refractivity contribution in [2.75, 3.05) is 18.1 Å². The summed E-state index contributed by atoms with van der Waals surface area (Å²) in [5.74, 6) is 1.79. The molecule has 1 fully saturated rings. The van der Waals surface area contributed by atoms with E-state index < -0.39 is 9.84 Å². The first-order chi connectivity index (χ1) is 7.98. The predicted octanol–water partition coefficient (Wildman–Crippen LogP) is 2.23. The predicted molar refractivity (Wildman–Crippen MR) is 72.9 cm³/mol. The lowest BCUT2D eigenvalue weighted by atomic mass is 9.89. The van der Waals surface area contributed by atoms with Gasteiger partial charge >= 0.3 is 0 Å². The fourth-order valence-corrected chi connectivity index (χ4v) is 4.39. The van der Waals surface area contributed by atoms with E-state index in [1.54, 1.807) is 0 Å². The molecule has 1 saturated heterocycles. The first-order valence-corrected chi connectivity index (χ1v) is 8.74. The quantitative estimate of drug-likeness (QED) is 0.764. The zero-order valence-corrected chi connectivity index (χ0v) is 12.2. The average molecular weight is 261 g/mol. The van der Waals surface area contributed by atoms with E-state index in [0.717, 1.165) is 25.8 Å². The Balaban J connectivity index is 2.56. The Kier molecular flexibility index (Phi) is 5.93. The third-order valence-electron chi connectivity index (χ3n) is 3.85. The average Bonchev–Trinajstić information content (AvgIpc) is 2.64. The highest BCUT2D eigenvalue weighted by Gasteiger charge is 2.33. The zero-order chi connectivity index (χ0) is 12.9. The molecule has 0 radical (unpaired) electrons. The number of nitrogens with one attached hydrogen (secondary N) is 1. The Hall–Kier alpha value is -0.0900. The highest BCUT2D eigenvalue weighted by Crippen LogP contribution is 2.26. The van der Waals surface area contributed by atoms with Crippen LogP contribution in [-0.2, 0) is 9.84 Å². The van der Waals surface area contributed by atoms with E-state index in [9.17, 15) is 8.42 Å². The van der Waals surface area contributed by atoms with E-state index in [4.69, 9.17) is 0 Å². The zero-order valence-electron chi connectivity index (χ0n) is 11.4. The van der Waals surface area contributed by atoms with Crippen LogP contribution >= 0.6 is 0 Å². The van der Waals surface area contributed by atoms with Gasteiger partial charge in [-0.2, -0.15) is 0 Å². The summed E-state index contributed by atoms with van der Waals surface area (Å²) in [6.45, 7) is 7.60. The molecule has 0 spiro atoms. The van der Waals surface area contributed by atoms with Crippen LogP contribution in [0.1, 0.15) is 46.5 Å². The molecule has 1 aliphatic rings. The van der Waals surface area contributed by atoms with Crippen molar-refractivity contribution < 1.29 is 8.42 Å². The molecule has 0 saturated carbocycles. The minimum Gasteiger partial charge on any atom is -0.314 e. The summed E-state index contributed by atoms with van der Waals surface area (Å²) < 4.78 is 23.1. The third kappa shape index (κ3) is 4.96. The maximum absolute atomic E-state index is 11.5. The van der Waals surface area contributed by atoms with Gasteiger partial charge in [-0.1, -0.05) is 27.2 Å². The van der Waals surface area contributed by atoms with Crippen molar-refractivity contribution in [2.24, 2.45) is 11.8 Å². The van der Waals surface area contributed by atoms with E-state index in [1.165, 1.54) is 6.42 Å². The lowest BCUT2D eigenvalue weighted by Crippen LogP contribution is -2.38. The number of sulfone groups is 1. The molecule has 0 aromatic rings. The summed E-state index contributed by atoms with van der Waals surface area (Å²) in [4.78, 5) is 0. The second-order valence-corrected chi connectivity index (χ2v) is 7.70. The topological polar surface area (TPSA) is 46.2 Å². The molecule has 0 aliphatic carbocycles. The highest BCUT2D eigenvalue weighted by atomic mass is 32.2. The Morgan fingerprint density at radius 1 is 1.35 bits per heavy atom. The van der Waals surface area contributed by atoms with Gasteiger partial charge in [0.25, 0.3) is 0 Å². The molecule has 3 atom stereocenters. The summed E-state index contributed by atoms with van der Waals surface area (Å²) in [7, 11) is -2.75. The van der Waals surface area contributed by atoms with Gasteiger partial charge < -0.3 is 5.32 Å². The van der Waals surface area contributed by atoms with Crippen LogP contribution in [-0.4, -0.2) is 32.5 Å². The van der Waals surface area contributed by atoms with E-state index >= 15 is 0 Å². The fourth-order valence-electron chi connectivity index (χ4n) is 2.51. The lowest BCUT2D eigenvalue weighted by Gasteiger charge is -2.26. The molecule has 1 heterocycles. The molecular weight excluding hydrogens is 234 g/mol. The van der Waals surface area contributed by atoms with Crippen LogP contribution in [0.2, 0.25) is 0 Å². The van der Waals surface area contributed by atoms with Crippen LogP contribution in [0.3, 0.4) is 0 Å². The summed E-state index contributed by atoms with van der Waals surface area (Å²) in [6.07, 6.45) is 4.23. The summed E-state index contributed by atoms with van der Waals surface area (Å²) in [5, 5.41) is 3.55. The van der Waals surface area contributed by atoms with Crippen LogP contribution in [0.4, 0.5) is 0 Å². The van der Waals surface area contributed by atoms with Crippen molar-refractivity contribution in [1.82, 2.24) is 5.32 Å². The first-order valence-electron chi connectivity index (χ1n) is 6.92. The van der Waals surface area contributed by atoms with Crippen LogP contribution in [0, 0.1) is 11.8 Å². The minimum atomic E-state index is -2.75. The van der Waals surface area contributed by atoms with Crippen LogP contribution in [0.15, 0.2) is 0 Å². The monoisotopic (exact) mass is 261 g/mol. The molecule has 0 bridgehead atoms. The van der Waals surface area contributed by atoms with Crippen molar-refractivity contribution in [2.45, 2.75) is 52.5 Å². The van der Waals surface area contributed by atoms with Crippen molar-refractivity contribution in [3.05, 3.63) is 0 Å². The van der Waals surface area contributed by atoms with Gasteiger partial charge in [-0.05, 0) is 37.6 Å². The van der Waals surface area contributed by atoms with Crippen LogP contribution < -0.4 is 5.32 Å². The van der Waals surface area contributed by atoms with Crippen LogP contribution in [0.25, 0.3) is 0 Å². The Bertz CT molecular complexity index is 313. The van der Waals surface area contributed by atoms with Crippen molar-refractivity contribution >= 4 is 9.84 Å². The molecular formula is C13H27NO2S. The normalized spacial score (nSPS) is 26.9. The van der Waals surface area contributed by atoms with Gasteiger partial charge in [0.15, 0.2) is 9.84 Å². The standard InChI is InChI=1S/C13H27NO2S/c1-4-7-14-13(9-11(3)5-2)12-6-8-17(15,16)10-12/h11-14H,4-10H2,1-3H3. The summed E-state index contributed by atoms with van der Waals surface area (Å²) in [5.41, 5.74) is 0. The van der Waals surface area contributed by atoms with Gasteiger partial charge in [-0.15, -0.1) is 0 Å². The smallest absolute Gasteiger partial charge is 0.150 e. The number of rotatable bonds is 7. The molecule has 0 aromatic heterocycles. The van der Waals surface area contributed by atoms with Gasteiger partial charge in [0.1, 0.15) is 0 Å². The molecule has 1 rings (SSSR count). The SMILES string of the molecule is CCCNC(CC(C)CC)C1CCS(=O)(=O)C1. The highest BCUT2D eigenvalue weighted by molar-refractivity contribution is 7.91. The van der Waals surface area contributed by atoms with Crippen molar-refractivity contribution in [3.8, 4) is 0 Å². The van der Waals surface area contributed by atoms with E-state index in [0.29, 0.717) is 29.4 Å². The van der Waals surface area contributed by atoms with E-state index in [2.05, 4.69) is 26.1 Å². The molecule has 3 nitrogen and oxygen atoms in total. The molecule has 3 unspecified atom stereocenters. The summed E-state index contributed by atoms with van der Waals surface area (Å²) >= 11 is 0. The molecule has 1 N–H and O–H groups in total. The third-order valence-corrected chi connectivity index (χ3v) is 5.64. The Morgan fingerprint density at radius 2 is 2.06 bits per heavy atom. The molecule has 1 aliphatic heterocycles. The lowest BCUT2D eigenvalue weighted by molar-refractivity contribution is 0.314. The molecule has 4 heteroatoms. The van der Waals surface area contributed by atoms with Crippen LogP contribution in [0.5, 0.6) is 0 Å². The fraction of sp³-hybridized carbons (Fsp3) is 1.00. The second kappa shape index (κ2) is 6.74. The van der Waals surface area contributed by atoms with Gasteiger partial charge in [0, 0.05) is 6.04 Å². The van der Waals surface area contributed by atoms with Gasteiger partial charge in [0.2, 0.25) is 0 Å². The molecule has 17 heavy (non-hydrogen) atoms. The Labute approximate surface area is 106 Å². The molecule has 102 valence electrons. The largest absolute Gasteiger partial charge is 0.314 e. The van der Waals surface area contributed by atoms with E-state index in [-0.39, 0.29) is 0 Å². The van der Waals surface area contributed by atoms with Gasteiger partial charge in [-0.3, -0.25) is 0 Å². The van der Waals surface area contributed by atoms with Gasteiger partial charge in [-0.25, -0.2) is 8.42 Å². The van der Waals surface area contributed by atoms with E-state index in [1.807, 2.05) is 0 Å². The minimum absolute atomic E-state index is 0.334. The Morgan fingerprint density at radius 3 is 2.53 bits per heavy atom. The molecule has 0 aromatic carbocycles. The maximum atomic E-state index is 11.5. The number of hydrogen-bond donors (Lipinski definition) is 1. The molecule has 0 amide bonds. The maximum Gasteiger partial charge on any atom is 0.150 e.